The molecular weight excluding hydrogens is 270 g/mol. The van der Waals surface area contributed by atoms with Crippen molar-refractivity contribution in [1.82, 2.24) is 9.88 Å². The quantitative estimate of drug-likeness (QED) is 0.821. The number of hydrogen-bond acceptors (Lipinski definition) is 4. The number of amides is 2. The molecule has 1 fully saturated rings. The zero-order valence-electron chi connectivity index (χ0n) is 12.1. The molecule has 6 heteroatoms. The Balaban J connectivity index is 1.77. The number of likely N-dealkylation sites (tertiary alicyclic amines) is 1. The Morgan fingerprint density at radius 3 is 3.14 bits per heavy atom. The van der Waals surface area contributed by atoms with Gasteiger partial charge in [-0.3, -0.25) is 14.5 Å². The van der Waals surface area contributed by atoms with Crippen LogP contribution in [0.2, 0.25) is 0 Å². The lowest BCUT2D eigenvalue weighted by atomic mass is 10.0. The summed E-state index contributed by atoms with van der Waals surface area (Å²) in [5, 5.41) is 0. The maximum Gasteiger partial charge on any atom is 0.266 e. The first-order valence-electron chi connectivity index (χ1n) is 7.34. The van der Waals surface area contributed by atoms with Crippen molar-refractivity contribution in [3.8, 4) is 5.75 Å². The number of carbonyl (C=O) groups excluding carboxylic acids is 2. The van der Waals surface area contributed by atoms with Crippen LogP contribution in [0.5, 0.6) is 5.75 Å². The van der Waals surface area contributed by atoms with Gasteiger partial charge >= 0.3 is 0 Å². The molecule has 3 heterocycles. The standard InChI is InChI=1S/C15H19N3O3/c1-11-5-2-3-8-17(11)13(19)9-18-14(20)10-21-12-6-4-7-16-15(12)18/h4,6-7,11H,2-3,5,8-10H2,1H3. The summed E-state index contributed by atoms with van der Waals surface area (Å²) in [5.74, 6) is 0.747. The van der Waals surface area contributed by atoms with Crippen LogP contribution in [0.3, 0.4) is 0 Å². The molecule has 1 aromatic rings. The number of anilines is 1. The molecule has 1 unspecified atom stereocenters. The molecule has 2 amide bonds. The molecule has 21 heavy (non-hydrogen) atoms. The Kier molecular flexibility index (Phi) is 3.77. The number of piperidine rings is 1. The zero-order chi connectivity index (χ0) is 14.8. The van der Waals surface area contributed by atoms with Crippen LogP contribution in [-0.2, 0) is 9.59 Å². The summed E-state index contributed by atoms with van der Waals surface area (Å²) in [6, 6.07) is 3.75. The van der Waals surface area contributed by atoms with Gasteiger partial charge in [0, 0.05) is 18.8 Å². The minimum absolute atomic E-state index is 0.0194. The zero-order valence-corrected chi connectivity index (χ0v) is 12.1. The van der Waals surface area contributed by atoms with Crippen molar-refractivity contribution in [2.75, 3.05) is 24.6 Å². The first-order chi connectivity index (χ1) is 10.2. The number of nitrogens with zero attached hydrogens (tertiary/aromatic N) is 3. The number of hydrogen-bond donors (Lipinski definition) is 0. The van der Waals surface area contributed by atoms with E-state index in [0.717, 1.165) is 25.8 Å². The smallest absolute Gasteiger partial charge is 0.266 e. The molecule has 0 spiro atoms. The predicted molar refractivity (Wildman–Crippen MR) is 77.1 cm³/mol. The van der Waals surface area contributed by atoms with Gasteiger partial charge in [-0.2, -0.15) is 0 Å². The van der Waals surface area contributed by atoms with Crippen LogP contribution in [0.15, 0.2) is 18.3 Å². The van der Waals surface area contributed by atoms with Crippen molar-refractivity contribution in [3.63, 3.8) is 0 Å². The van der Waals surface area contributed by atoms with E-state index in [1.54, 1.807) is 18.3 Å². The average molecular weight is 289 g/mol. The topological polar surface area (TPSA) is 62.7 Å². The minimum atomic E-state index is -0.223. The number of ether oxygens (including phenoxy) is 1. The number of aromatic nitrogens is 1. The summed E-state index contributed by atoms with van der Waals surface area (Å²) in [5.41, 5.74) is 0. The molecule has 0 bridgehead atoms. The fraction of sp³-hybridized carbons (Fsp3) is 0.533. The Morgan fingerprint density at radius 2 is 2.33 bits per heavy atom. The molecule has 1 aromatic heterocycles. The van der Waals surface area contributed by atoms with E-state index in [-0.39, 0.29) is 31.0 Å². The van der Waals surface area contributed by atoms with Crippen LogP contribution in [0.4, 0.5) is 5.82 Å². The van der Waals surface area contributed by atoms with Crippen LogP contribution >= 0.6 is 0 Å². The van der Waals surface area contributed by atoms with Crippen LogP contribution in [0, 0.1) is 0 Å². The van der Waals surface area contributed by atoms with Crippen LogP contribution in [0.1, 0.15) is 26.2 Å². The first kappa shape index (κ1) is 13.9. The van der Waals surface area contributed by atoms with Crippen LogP contribution in [0.25, 0.3) is 0 Å². The van der Waals surface area contributed by atoms with Crippen molar-refractivity contribution < 1.29 is 14.3 Å². The maximum atomic E-state index is 12.5. The number of carbonyl (C=O) groups is 2. The lowest BCUT2D eigenvalue weighted by Gasteiger charge is -2.35. The van der Waals surface area contributed by atoms with E-state index in [1.807, 2.05) is 4.90 Å². The summed E-state index contributed by atoms with van der Waals surface area (Å²) in [7, 11) is 0. The summed E-state index contributed by atoms with van der Waals surface area (Å²) in [4.78, 5) is 32.0. The van der Waals surface area contributed by atoms with E-state index in [1.165, 1.54) is 4.90 Å². The van der Waals surface area contributed by atoms with E-state index in [2.05, 4.69) is 11.9 Å². The summed E-state index contributed by atoms with van der Waals surface area (Å²) in [6.07, 6.45) is 4.81. The van der Waals surface area contributed by atoms with E-state index in [0.29, 0.717) is 11.6 Å². The van der Waals surface area contributed by atoms with Gasteiger partial charge in [0.05, 0.1) is 0 Å². The molecule has 6 nitrogen and oxygen atoms in total. The van der Waals surface area contributed by atoms with E-state index >= 15 is 0 Å². The highest BCUT2D eigenvalue weighted by Crippen LogP contribution is 2.29. The third kappa shape index (κ3) is 2.70. The SMILES string of the molecule is CC1CCCCN1C(=O)CN1C(=O)COc2cccnc21. The van der Waals surface area contributed by atoms with Gasteiger partial charge in [0.1, 0.15) is 6.54 Å². The Morgan fingerprint density at radius 1 is 1.48 bits per heavy atom. The maximum absolute atomic E-state index is 12.5. The molecule has 2 aliphatic rings. The van der Waals surface area contributed by atoms with Gasteiger partial charge in [0.15, 0.2) is 18.2 Å². The van der Waals surface area contributed by atoms with Crippen molar-refractivity contribution >= 4 is 17.6 Å². The van der Waals surface area contributed by atoms with Crippen molar-refractivity contribution in [2.45, 2.75) is 32.2 Å². The summed E-state index contributed by atoms with van der Waals surface area (Å²) in [6.45, 7) is 2.83. The van der Waals surface area contributed by atoms with E-state index in [9.17, 15) is 9.59 Å². The molecule has 0 aromatic carbocycles. The number of fused-ring (bicyclic) bond motifs is 1. The molecule has 3 rings (SSSR count). The van der Waals surface area contributed by atoms with Crippen molar-refractivity contribution in [2.24, 2.45) is 0 Å². The second-order valence-corrected chi connectivity index (χ2v) is 5.53. The van der Waals surface area contributed by atoms with Crippen molar-refractivity contribution in [1.29, 1.82) is 0 Å². The molecule has 0 N–H and O–H groups in total. The highest BCUT2D eigenvalue weighted by molar-refractivity contribution is 6.01. The van der Waals surface area contributed by atoms with Gasteiger partial charge in [0.25, 0.3) is 5.91 Å². The monoisotopic (exact) mass is 289 g/mol. The summed E-state index contributed by atoms with van der Waals surface area (Å²) >= 11 is 0. The van der Waals surface area contributed by atoms with Gasteiger partial charge in [0.2, 0.25) is 5.91 Å². The molecule has 0 aliphatic carbocycles. The second kappa shape index (κ2) is 5.71. The van der Waals surface area contributed by atoms with E-state index < -0.39 is 0 Å². The fourth-order valence-corrected chi connectivity index (χ4v) is 2.89. The van der Waals surface area contributed by atoms with Crippen LogP contribution < -0.4 is 9.64 Å². The largest absolute Gasteiger partial charge is 0.480 e. The third-order valence-corrected chi connectivity index (χ3v) is 4.08. The molecular formula is C15H19N3O3. The van der Waals surface area contributed by atoms with Gasteiger partial charge in [-0.1, -0.05) is 0 Å². The molecule has 1 atom stereocenters. The number of pyridine rings is 1. The molecule has 1 saturated heterocycles. The minimum Gasteiger partial charge on any atom is -0.480 e. The lowest BCUT2D eigenvalue weighted by molar-refractivity contribution is -0.134. The highest BCUT2D eigenvalue weighted by Gasteiger charge is 2.31. The fourth-order valence-electron chi connectivity index (χ4n) is 2.89. The Bertz CT molecular complexity index is 561. The number of rotatable bonds is 2. The van der Waals surface area contributed by atoms with Crippen molar-refractivity contribution in [3.05, 3.63) is 18.3 Å². The first-order valence-corrected chi connectivity index (χ1v) is 7.34. The van der Waals surface area contributed by atoms with E-state index in [4.69, 9.17) is 4.74 Å². The Hall–Kier alpha value is -2.11. The third-order valence-electron chi connectivity index (χ3n) is 4.08. The normalized spacial score (nSPS) is 21.8. The average Bonchev–Trinajstić information content (AvgIpc) is 2.50. The molecule has 0 radical (unpaired) electrons. The van der Waals surface area contributed by atoms with Gasteiger partial charge < -0.3 is 9.64 Å². The van der Waals surface area contributed by atoms with Gasteiger partial charge in [-0.05, 0) is 38.3 Å². The molecule has 2 aliphatic heterocycles. The Labute approximate surface area is 123 Å². The van der Waals surface area contributed by atoms with Gasteiger partial charge in [-0.15, -0.1) is 0 Å². The van der Waals surface area contributed by atoms with Gasteiger partial charge in [-0.25, -0.2) is 4.98 Å². The van der Waals surface area contributed by atoms with Crippen LogP contribution in [-0.4, -0.2) is 47.4 Å². The predicted octanol–water partition coefficient (Wildman–Crippen LogP) is 1.21. The highest BCUT2D eigenvalue weighted by atomic mass is 16.5. The molecule has 112 valence electrons. The second-order valence-electron chi connectivity index (χ2n) is 5.53. The lowest BCUT2D eigenvalue weighted by Crippen LogP contribution is -2.50. The molecule has 0 saturated carbocycles. The summed E-state index contributed by atoms with van der Waals surface area (Å²) < 4.78 is 5.34.